The lowest BCUT2D eigenvalue weighted by atomic mass is 10.1. The summed E-state index contributed by atoms with van der Waals surface area (Å²) in [6.45, 7) is 4.68. The van der Waals surface area contributed by atoms with Gasteiger partial charge in [0.15, 0.2) is 11.6 Å². The van der Waals surface area contributed by atoms with Gasteiger partial charge in [-0.05, 0) is 44.7 Å². The van der Waals surface area contributed by atoms with Gasteiger partial charge >= 0.3 is 0 Å². The Bertz CT molecular complexity index is 1250. The van der Waals surface area contributed by atoms with Gasteiger partial charge in [-0.3, -0.25) is 5.01 Å². The van der Waals surface area contributed by atoms with Crippen molar-refractivity contribution in [2.45, 2.75) is 26.0 Å². The zero-order chi connectivity index (χ0) is 25.2. The highest BCUT2D eigenvalue weighted by molar-refractivity contribution is 5.65. The van der Waals surface area contributed by atoms with Crippen LogP contribution in [-0.4, -0.2) is 63.7 Å². The van der Waals surface area contributed by atoms with E-state index >= 15 is 0 Å². The van der Waals surface area contributed by atoms with Crippen molar-refractivity contribution in [3.05, 3.63) is 60.0 Å². The molecule has 1 saturated heterocycles. The molecule has 1 aliphatic rings. The van der Waals surface area contributed by atoms with Crippen LogP contribution in [0.2, 0.25) is 0 Å². The van der Waals surface area contributed by atoms with Crippen LogP contribution in [0.25, 0.3) is 11.1 Å². The van der Waals surface area contributed by atoms with E-state index in [1.54, 1.807) is 56.6 Å². The molecule has 0 atom stereocenters. The summed E-state index contributed by atoms with van der Waals surface area (Å²) in [4.78, 5) is 8.33. The topological polar surface area (TPSA) is 92.7 Å². The molecule has 0 spiro atoms. The maximum atomic E-state index is 9.84. The fraction of sp³-hybridized carbons (Fsp3) is 0.360. The van der Waals surface area contributed by atoms with E-state index < -0.39 is 12.2 Å². The fourth-order valence-corrected chi connectivity index (χ4v) is 3.31. The number of likely N-dealkylation sites (N-methyl/N-ethyl adjacent to an activating group) is 1. The van der Waals surface area contributed by atoms with Gasteiger partial charge < -0.3 is 20.5 Å². The Morgan fingerprint density at radius 3 is 2.73 bits per heavy atom. The molecule has 1 aromatic carbocycles. The van der Waals surface area contributed by atoms with Gasteiger partial charge in [0.2, 0.25) is 0 Å². The minimum atomic E-state index is -2.19. The highest BCUT2D eigenvalue weighted by Crippen LogP contribution is 2.27. The normalized spacial score (nSPS) is 15.9. The molecule has 3 heterocycles. The number of hydrogen-bond acceptors (Lipinski definition) is 7. The van der Waals surface area contributed by atoms with Crippen molar-refractivity contribution in [1.29, 1.82) is 0 Å². The lowest BCUT2D eigenvalue weighted by Gasteiger charge is -2.33. The molecule has 0 bridgehead atoms. The number of benzene rings is 1. The molecule has 1 fully saturated rings. The van der Waals surface area contributed by atoms with Gasteiger partial charge in [0, 0.05) is 49.1 Å². The average Bonchev–Trinajstić information content (AvgIpc) is 3.30. The van der Waals surface area contributed by atoms with Crippen molar-refractivity contribution < 1.29 is 12.6 Å². The standard InChI is InChI=1S/C25H30N6O2/c1-25(2,32)8-7-19-5-4-6-20(13-19)18-33-23-14-21(15-27-24(23)26)22-16-28-31(17-22)30-11-9-29(3)10-12-30/h4-6,13-17,32H,9-12,18H2,1-3H3,(H2,26,27)/i18D2. The van der Waals surface area contributed by atoms with Gasteiger partial charge in [0.1, 0.15) is 12.2 Å². The van der Waals surface area contributed by atoms with Crippen LogP contribution in [0.3, 0.4) is 0 Å². The summed E-state index contributed by atoms with van der Waals surface area (Å²) in [6, 6.07) is 8.31. The van der Waals surface area contributed by atoms with Crippen LogP contribution in [0.1, 0.15) is 27.7 Å². The highest BCUT2D eigenvalue weighted by atomic mass is 16.5. The second-order valence-electron chi connectivity index (χ2n) is 8.61. The first-order valence-electron chi connectivity index (χ1n) is 11.8. The molecule has 8 heteroatoms. The highest BCUT2D eigenvalue weighted by Gasteiger charge is 2.16. The largest absolute Gasteiger partial charge is 0.485 e. The van der Waals surface area contributed by atoms with Crippen LogP contribution in [0.5, 0.6) is 5.75 Å². The monoisotopic (exact) mass is 448 g/mol. The van der Waals surface area contributed by atoms with E-state index in [0.29, 0.717) is 5.56 Å². The molecule has 3 aromatic rings. The molecule has 0 aliphatic carbocycles. The van der Waals surface area contributed by atoms with E-state index in [1.807, 2.05) is 11.0 Å². The maximum Gasteiger partial charge on any atom is 0.166 e. The van der Waals surface area contributed by atoms with E-state index in [1.165, 1.54) is 0 Å². The van der Waals surface area contributed by atoms with Crippen molar-refractivity contribution in [1.82, 2.24) is 19.8 Å². The smallest absolute Gasteiger partial charge is 0.166 e. The molecule has 33 heavy (non-hydrogen) atoms. The van der Waals surface area contributed by atoms with Crippen LogP contribution in [0.4, 0.5) is 5.82 Å². The Hall–Kier alpha value is -3.54. The zero-order valence-electron chi connectivity index (χ0n) is 21.1. The number of nitrogen functional groups attached to an aromatic ring is 1. The van der Waals surface area contributed by atoms with Crippen LogP contribution in [0, 0.1) is 11.8 Å². The molecular weight excluding hydrogens is 416 g/mol. The van der Waals surface area contributed by atoms with Crippen LogP contribution >= 0.6 is 0 Å². The third kappa shape index (κ3) is 6.04. The molecule has 3 N–H and O–H groups in total. The summed E-state index contributed by atoms with van der Waals surface area (Å²) >= 11 is 0. The molecule has 4 rings (SSSR count). The van der Waals surface area contributed by atoms with Crippen LogP contribution in [0.15, 0.2) is 48.9 Å². The summed E-state index contributed by atoms with van der Waals surface area (Å²) in [5.74, 6) is 5.80. The number of ether oxygens (including phenoxy) is 1. The summed E-state index contributed by atoms with van der Waals surface area (Å²) in [5.41, 5.74) is 7.25. The minimum absolute atomic E-state index is 0.0852. The number of piperazine rings is 1. The summed E-state index contributed by atoms with van der Waals surface area (Å²) < 4.78 is 22.8. The number of aliphatic hydroxyl groups is 1. The third-order valence-corrected chi connectivity index (χ3v) is 5.21. The van der Waals surface area contributed by atoms with E-state index in [4.69, 9.17) is 13.2 Å². The Balaban J connectivity index is 1.55. The fourth-order valence-electron chi connectivity index (χ4n) is 3.31. The summed E-state index contributed by atoms with van der Waals surface area (Å²) in [7, 11) is 2.10. The van der Waals surface area contributed by atoms with E-state index in [-0.39, 0.29) is 17.1 Å². The third-order valence-electron chi connectivity index (χ3n) is 5.21. The molecule has 0 unspecified atom stereocenters. The summed E-state index contributed by atoms with van der Waals surface area (Å²) in [6.07, 6.45) is 5.28. The van der Waals surface area contributed by atoms with Gasteiger partial charge in [0.05, 0.1) is 15.1 Å². The SMILES string of the molecule is [2H]C([2H])(Oc1cc(-c2cnn(N3CCN(C)CC3)c2)cnc1N)c1cccc(C#CC(C)(C)O)c1. The minimum Gasteiger partial charge on any atom is -0.485 e. The van der Waals surface area contributed by atoms with Crippen molar-refractivity contribution in [2.75, 3.05) is 44.0 Å². The molecule has 0 amide bonds. The lowest BCUT2D eigenvalue weighted by molar-refractivity contribution is 0.143. The predicted molar refractivity (Wildman–Crippen MR) is 129 cm³/mol. The molecule has 0 saturated carbocycles. The number of rotatable bonds is 5. The number of anilines is 1. The van der Waals surface area contributed by atoms with Crippen molar-refractivity contribution >= 4 is 5.82 Å². The zero-order valence-corrected chi connectivity index (χ0v) is 19.1. The molecule has 0 radical (unpaired) electrons. The Kier molecular flexibility index (Phi) is 5.80. The quantitative estimate of drug-likeness (QED) is 0.578. The predicted octanol–water partition coefficient (Wildman–Crippen LogP) is 2.11. The van der Waals surface area contributed by atoms with E-state index in [9.17, 15) is 5.11 Å². The second kappa shape index (κ2) is 9.53. The van der Waals surface area contributed by atoms with E-state index in [2.05, 4.69) is 38.9 Å². The lowest BCUT2D eigenvalue weighted by Crippen LogP contribution is -2.49. The molecule has 172 valence electrons. The first-order valence-corrected chi connectivity index (χ1v) is 10.8. The number of pyridine rings is 1. The van der Waals surface area contributed by atoms with Gasteiger partial charge in [0.25, 0.3) is 0 Å². The maximum absolute atomic E-state index is 9.84. The second-order valence-corrected chi connectivity index (χ2v) is 8.61. The molecule has 1 aliphatic heterocycles. The number of aromatic nitrogens is 3. The average molecular weight is 449 g/mol. The number of hydrogen-bond donors (Lipinski definition) is 2. The summed E-state index contributed by atoms with van der Waals surface area (Å²) in [5, 5.41) is 16.5. The number of nitrogens with zero attached hydrogens (tertiary/aromatic N) is 5. The van der Waals surface area contributed by atoms with Gasteiger partial charge in [-0.1, -0.05) is 24.0 Å². The van der Waals surface area contributed by atoms with Crippen LogP contribution in [-0.2, 0) is 6.56 Å². The van der Waals surface area contributed by atoms with Crippen molar-refractivity contribution in [3.8, 4) is 28.7 Å². The molecule has 8 nitrogen and oxygen atoms in total. The first kappa shape index (κ1) is 20.1. The van der Waals surface area contributed by atoms with E-state index in [0.717, 1.165) is 37.3 Å². The Morgan fingerprint density at radius 1 is 1.18 bits per heavy atom. The molecule has 2 aromatic heterocycles. The van der Waals surface area contributed by atoms with Crippen molar-refractivity contribution in [2.24, 2.45) is 0 Å². The van der Waals surface area contributed by atoms with Crippen molar-refractivity contribution in [3.63, 3.8) is 0 Å². The Morgan fingerprint density at radius 2 is 1.97 bits per heavy atom. The van der Waals surface area contributed by atoms with Gasteiger partial charge in [-0.15, -0.1) is 0 Å². The molecular formula is C25H30N6O2. The number of nitrogens with two attached hydrogens (primary N) is 1. The van der Waals surface area contributed by atoms with Crippen LogP contribution < -0.4 is 15.5 Å². The van der Waals surface area contributed by atoms with Gasteiger partial charge in [-0.25, -0.2) is 4.98 Å². The Labute approximate surface area is 197 Å². The first-order chi connectivity index (χ1) is 16.5. The van der Waals surface area contributed by atoms with Gasteiger partial charge in [-0.2, -0.15) is 9.89 Å².